The number of amides is 2. The van der Waals surface area contributed by atoms with E-state index in [0.29, 0.717) is 18.4 Å². The Morgan fingerprint density at radius 3 is 2.22 bits per heavy atom. The number of hydrogen-bond donors (Lipinski definition) is 1. The molecule has 0 aliphatic carbocycles. The van der Waals surface area contributed by atoms with Crippen LogP contribution < -0.4 is 4.90 Å². The topological polar surface area (TPSA) is 89.8 Å². The number of carbonyl (C=O) groups is 2. The fraction of sp³-hybridized carbons (Fsp3) is 0.333. The van der Waals surface area contributed by atoms with E-state index in [2.05, 4.69) is 10.2 Å². The van der Waals surface area contributed by atoms with E-state index in [0.717, 1.165) is 4.90 Å². The number of hydrogen-bond acceptors (Lipinski definition) is 4. The molecule has 0 spiro atoms. The van der Waals surface area contributed by atoms with Crippen molar-refractivity contribution in [2.45, 2.75) is 39.5 Å². The minimum atomic E-state index is -0.411. The van der Waals surface area contributed by atoms with Crippen LogP contribution in [0.25, 0.3) is 11.3 Å². The average Bonchev–Trinajstić information content (AvgIpc) is 3.03. The molecule has 2 rings (SSSR count). The Hall–Kier alpha value is -2.07. The molecule has 2 aromatic rings. The molecule has 1 N–H and O–H groups in total. The minimum Gasteiger partial charge on any atom is -0.274 e. The molecule has 0 aliphatic heterocycles. The molecule has 2 amide bonds. The molecule has 0 radical (unpaired) electrons. The summed E-state index contributed by atoms with van der Waals surface area (Å²) in [6.07, 6.45) is 1.45. The number of rotatable bonds is 6. The number of aromatic nitrogens is 2. The van der Waals surface area contributed by atoms with Gasteiger partial charge in [0.2, 0.25) is 11.8 Å². The van der Waals surface area contributed by atoms with Gasteiger partial charge in [0.05, 0.1) is 20.8 Å². The molecule has 0 fully saturated rings. The molecule has 1 aromatic carbocycles. The van der Waals surface area contributed by atoms with Crippen LogP contribution >= 0.6 is 34.8 Å². The summed E-state index contributed by atoms with van der Waals surface area (Å²) < 4.78 is 0. The van der Waals surface area contributed by atoms with Crippen LogP contribution in [0.2, 0.25) is 15.1 Å². The van der Waals surface area contributed by atoms with Crippen LogP contribution in [0.4, 0.5) is 5.82 Å². The van der Waals surface area contributed by atoms with Crippen LogP contribution in [0.3, 0.4) is 0 Å². The second kappa shape index (κ2) is 9.23. The highest BCUT2D eigenvalue weighted by molar-refractivity contribution is 6.49. The van der Waals surface area contributed by atoms with Crippen LogP contribution in [0.1, 0.15) is 45.1 Å². The molecule has 9 heteroatoms. The van der Waals surface area contributed by atoms with E-state index in [-0.39, 0.29) is 45.0 Å². The first-order valence-corrected chi connectivity index (χ1v) is 9.48. The Labute approximate surface area is 172 Å². The molecule has 0 aliphatic rings. The molecule has 6 nitrogen and oxygen atoms in total. The first-order chi connectivity index (χ1) is 12.9. The lowest BCUT2D eigenvalue weighted by Crippen LogP contribution is -2.37. The number of nitriles is 1. The Morgan fingerprint density at radius 2 is 1.70 bits per heavy atom. The summed E-state index contributed by atoms with van der Waals surface area (Å²) in [6.45, 7) is 3.66. The van der Waals surface area contributed by atoms with Crippen LogP contribution in [0.5, 0.6) is 0 Å². The lowest BCUT2D eigenvalue weighted by Gasteiger charge is -2.18. The molecule has 1 aromatic heterocycles. The van der Waals surface area contributed by atoms with Crippen molar-refractivity contribution in [1.82, 2.24) is 10.2 Å². The minimum absolute atomic E-state index is 0.0317. The molecular weight excluding hydrogens is 411 g/mol. The second-order valence-corrected chi connectivity index (χ2v) is 6.92. The van der Waals surface area contributed by atoms with Crippen LogP contribution in [-0.4, -0.2) is 22.0 Å². The van der Waals surface area contributed by atoms with Gasteiger partial charge in [0.1, 0.15) is 11.6 Å². The van der Waals surface area contributed by atoms with Gasteiger partial charge in [0.15, 0.2) is 5.82 Å². The highest BCUT2D eigenvalue weighted by Crippen LogP contribution is 2.40. The van der Waals surface area contributed by atoms with E-state index < -0.39 is 11.8 Å². The monoisotopic (exact) mass is 426 g/mol. The number of imide groups is 1. The Morgan fingerprint density at radius 1 is 1.11 bits per heavy atom. The summed E-state index contributed by atoms with van der Waals surface area (Å²) in [5.74, 6) is -0.858. The first-order valence-electron chi connectivity index (χ1n) is 8.35. The zero-order valence-corrected chi connectivity index (χ0v) is 17.0. The molecular formula is C18H17Cl3N4O2. The van der Waals surface area contributed by atoms with Crippen molar-refractivity contribution in [3.63, 3.8) is 0 Å². The maximum Gasteiger partial charge on any atom is 0.235 e. The standard InChI is InChI=1S/C18H17Cl3N4O2/c1-3-5-13(26)25(14(27)6-4-2)18-11(9-22)17(23-24-18)10-7-8-12(19)16(21)15(10)20/h7-8H,3-6H2,1-2H3,(H,23,24). The number of anilines is 1. The maximum atomic E-state index is 12.5. The third-order valence-electron chi connectivity index (χ3n) is 3.80. The quantitative estimate of drug-likeness (QED) is 0.628. The Bertz CT molecular complexity index is 900. The smallest absolute Gasteiger partial charge is 0.235 e. The summed E-state index contributed by atoms with van der Waals surface area (Å²) in [5.41, 5.74) is 0.686. The molecule has 0 atom stereocenters. The summed E-state index contributed by atoms with van der Waals surface area (Å²) in [4.78, 5) is 26.0. The van der Waals surface area contributed by atoms with E-state index >= 15 is 0 Å². The van der Waals surface area contributed by atoms with Gasteiger partial charge in [-0.3, -0.25) is 14.7 Å². The predicted octanol–water partition coefficient (Wildman–Crippen LogP) is 5.37. The Balaban J connectivity index is 2.62. The van der Waals surface area contributed by atoms with Crippen molar-refractivity contribution < 1.29 is 9.59 Å². The molecule has 0 saturated heterocycles. The fourth-order valence-electron chi connectivity index (χ4n) is 2.54. The van der Waals surface area contributed by atoms with Gasteiger partial charge in [-0.2, -0.15) is 10.4 Å². The van der Waals surface area contributed by atoms with Crippen LogP contribution in [0, 0.1) is 11.3 Å². The third kappa shape index (κ3) is 4.27. The van der Waals surface area contributed by atoms with Crippen molar-refractivity contribution in [1.29, 1.82) is 5.26 Å². The fourth-order valence-corrected chi connectivity index (χ4v) is 3.17. The number of aromatic amines is 1. The molecule has 0 unspecified atom stereocenters. The lowest BCUT2D eigenvalue weighted by molar-refractivity contribution is -0.126. The first kappa shape index (κ1) is 21.2. The van der Waals surface area contributed by atoms with E-state index in [1.54, 1.807) is 6.07 Å². The second-order valence-electron chi connectivity index (χ2n) is 5.75. The summed E-state index contributed by atoms with van der Waals surface area (Å²) in [7, 11) is 0. The lowest BCUT2D eigenvalue weighted by atomic mass is 10.1. The van der Waals surface area contributed by atoms with Gasteiger partial charge >= 0.3 is 0 Å². The summed E-state index contributed by atoms with van der Waals surface area (Å²) in [6, 6.07) is 5.12. The van der Waals surface area contributed by atoms with Gasteiger partial charge in [-0.25, -0.2) is 4.90 Å². The van der Waals surface area contributed by atoms with Crippen molar-refractivity contribution in [3.05, 3.63) is 32.8 Å². The van der Waals surface area contributed by atoms with Crippen molar-refractivity contribution in [2.75, 3.05) is 4.90 Å². The SMILES string of the molecule is CCCC(=O)N(C(=O)CCC)c1n[nH]c(-c2ccc(Cl)c(Cl)c2Cl)c1C#N. The van der Waals surface area contributed by atoms with Crippen LogP contribution in [0.15, 0.2) is 12.1 Å². The van der Waals surface area contributed by atoms with E-state index in [1.165, 1.54) is 6.07 Å². The average molecular weight is 428 g/mol. The highest BCUT2D eigenvalue weighted by atomic mass is 35.5. The largest absolute Gasteiger partial charge is 0.274 e. The van der Waals surface area contributed by atoms with Crippen molar-refractivity contribution >= 4 is 52.4 Å². The molecule has 27 heavy (non-hydrogen) atoms. The summed E-state index contributed by atoms with van der Waals surface area (Å²) in [5, 5.41) is 17.0. The predicted molar refractivity (Wildman–Crippen MR) is 106 cm³/mol. The van der Waals surface area contributed by atoms with Crippen molar-refractivity contribution in [3.8, 4) is 17.3 Å². The maximum absolute atomic E-state index is 12.5. The van der Waals surface area contributed by atoms with Gasteiger partial charge in [0, 0.05) is 18.4 Å². The number of H-pyrrole nitrogens is 1. The van der Waals surface area contributed by atoms with E-state index in [4.69, 9.17) is 34.8 Å². The third-order valence-corrected chi connectivity index (χ3v) is 5.10. The zero-order valence-electron chi connectivity index (χ0n) is 14.8. The van der Waals surface area contributed by atoms with Gasteiger partial charge in [-0.15, -0.1) is 0 Å². The van der Waals surface area contributed by atoms with Crippen LogP contribution in [-0.2, 0) is 9.59 Å². The number of halogens is 3. The Kier molecular flexibility index (Phi) is 7.25. The zero-order chi connectivity index (χ0) is 20.1. The summed E-state index contributed by atoms with van der Waals surface area (Å²) >= 11 is 18.3. The number of nitrogens with one attached hydrogen (secondary N) is 1. The molecule has 142 valence electrons. The van der Waals surface area contributed by atoms with Gasteiger partial charge in [-0.1, -0.05) is 48.7 Å². The van der Waals surface area contributed by atoms with Crippen molar-refractivity contribution in [2.24, 2.45) is 0 Å². The normalized spacial score (nSPS) is 10.5. The van der Waals surface area contributed by atoms with Gasteiger partial charge in [-0.05, 0) is 25.0 Å². The van der Waals surface area contributed by atoms with E-state index in [1.807, 2.05) is 19.9 Å². The number of nitrogens with zero attached hydrogens (tertiary/aromatic N) is 3. The molecule has 0 bridgehead atoms. The number of carbonyl (C=O) groups excluding carboxylic acids is 2. The van der Waals surface area contributed by atoms with Gasteiger partial charge in [0.25, 0.3) is 0 Å². The van der Waals surface area contributed by atoms with Gasteiger partial charge < -0.3 is 0 Å². The highest BCUT2D eigenvalue weighted by Gasteiger charge is 2.29. The van der Waals surface area contributed by atoms with E-state index in [9.17, 15) is 14.9 Å². The molecule has 0 saturated carbocycles. The molecule has 1 heterocycles. The number of benzene rings is 1.